The second-order valence-electron chi connectivity index (χ2n) is 6.32. The number of unbranched alkanes of at least 4 members (excludes halogenated alkanes) is 2. The number of nitrogens with one attached hydrogen (secondary N) is 1. The van der Waals surface area contributed by atoms with Gasteiger partial charge in [-0.2, -0.15) is 0 Å². The number of rotatable bonds is 9. The van der Waals surface area contributed by atoms with Crippen LogP contribution in [0.1, 0.15) is 63.0 Å². The fourth-order valence-corrected chi connectivity index (χ4v) is 2.31. The predicted octanol–water partition coefficient (Wildman–Crippen LogP) is 4.42. The van der Waals surface area contributed by atoms with Gasteiger partial charge in [-0.25, -0.2) is 0 Å². The first kappa shape index (κ1) is 15.4. The van der Waals surface area contributed by atoms with Crippen molar-refractivity contribution in [3.8, 4) is 5.75 Å². The predicted molar refractivity (Wildman–Crippen MR) is 85.6 cm³/mol. The van der Waals surface area contributed by atoms with Crippen LogP contribution in [0.15, 0.2) is 18.2 Å². The number of hydrogen-bond acceptors (Lipinski definition) is 2. The van der Waals surface area contributed by atoms with E-state index in [-0.39, 0.29) is 0 Å². The summed E-state index contributed by atoms with van der Waals surface area (Å²) >= 11 is 0. The minimum Gasteiger partial charge on any atom is -0.493 e. The normalized spacial score (nSPS) is 14.8. The van der Waals surface area contributed by atoms with Crippen LogP contribution >= 0.6 is 0 Å². The summed E-state index contributed by atoms with van der Waals surface area (Å²) in [4.78, 5) is 0. The fourth-order valence-electron chi connectivity index (χ4n) is 2.31. The summed E-state index contributed by atoms with van der Waals surface area (Å²) in [6.45, 7) is 8.58. The van der Waals surface area contributed by atoms with Gasteiger partial charge in [0.15, 0.2) is 0 Å². The van der Waals surface area contributed by atoms with E-state index >= 15 is 0 Å². The minimum absolute atomic E-state index is 0.562. The van der Waals surface area contributed by atoms with Crippen LogP contribution in [0.3, 0.4) is 0 Å². The van der Waals surface area contributed by atoms with E-state index in [0.29, 0.717) is 5.92 Å². The molecule has 1 saturated carbocycles. The first-order chi connectivity index (χ1) is 9.66. The van der Waals surface area contributed by atoms with E-state index < -0.39 is 0 Å². The third kappa shape index (κ3) is 5.16. The first-order valence-corrected chi connectivity index (χ1v) is 8.13. The molecule has 20 heavy (non-hydrogen) atoms. The number of ether oxygens (including phenoxy) is 1. The van der Waals surface area contributed by atoms with E-state index in [1.807, 2.05) is 0 Å². The largest absolute Gasteiger partial charge is 0.493 e. The zero-order valence-electron chi connectivity index (χ0n) is 13.2. The molecule has 2 heteroatoms. The van der Waals surface area contributed by atoms with Crippen molar-refractivity contribution in [2.75, 3.05) is 13.2 Å². The van der Waals surface area contributed by atoms with Gasteiger partial charge in [0.05, 0.1) is 6.61 Å². The van der Waals surface area contributed by atoms with E-state index in [0.717, 1.165) is 24.8 Å². The molecule has 0 saturated heterocycles. The Hall–Kier alpha value is -1.02. The van der Waals surface area contributed by atoms with Gasteiger partial charge in [0, 0.05) is 6.04 Å². The Kier molecular flexibility index (Phi) is 5.90. The van der Waals surface area contributed by atoms with E-state index in [1.54, 1.807) is 0 Å². The Labute approximate surface area is 123 Å². The third-order valence-electron chi connectivity index (χ3n) is 3.97. The molecular weight excluding hydrogens is 246 g/mol. The molecule has 0 radical (unpaired) electrons. The second kappa shape index (κ2) is 7.68. The first-order valence-electron chi connectivity index (χ1n) is 8.13. The maximum Gasteiger partial charge on any atom is 0.122 e. The second-order valence-corrected chi connectivity index (χ2v) is 6.32. The molecule has 1 aliphatic carbocycles. The van der Waals surface area contributed by atoms with Gasteiger partial charge in [-0.05, 0) is 68.7 Å². The highest BCUT2D eigenvalue weighted by molar-refractivity contribution is 5.37. The Morgan fingerprint density at radius 1 is 1.20 bits per heavy atom. The number of aryl methyl sites for hydroxylation is 1. The molecule has 0 aromatic heterocycles. The standard InChI is InChI=1S/C18H29NO/c1-14(2)16-8-7-15(3)18(13-16)20-12-6-4-5-11-19-17-9-10-17/h7-8,13-14,17,19H,4-6,9-12H2,1-3H3. The van der Waals surface area contributed by atoms with Crippen molar-refractivity contribution in [2.45, 2.75) is 64.8 Å². The van der Waals surface area contributed by atoms with Crippen LogP contribution in [0.2, 0.25) is 0 Å². The highest BCUT2D eigenvalue weighted by Crippen LogP contribution is 2.24. The quantitative estimate of drug-likeness (QED) is 0.674. The van der Waals surface area contributed by atoms with Crippen molar-refractivity contribution in [3.63, 3.8) is 0 Å². The molecule has 0 amide bonds. The lowest BCUT2D eigenvalue weighted by molar-refractivity contribution is 0.302. The Morgan fingerprint density at radius 3 is 2.70 bits per heavy atom. The molecule has 2 nitrogen and oxygen atoms in total. The molecule has 0 heterocycles. The molecule has 0 unspecified atom stereocenters. The molecule has 1 aromatic rings. The smallest absolute Gasteiger partial charge is 0.122 e. The average molecular weight is 275 g/mol. The lowest BCUT2D eigenvalue weighted by Crippen LogP contribution is -2.17. The maximum atomic E-state index is 5.95. The van der Waals surface area contributed by atoms with Crippen LogP contribution in [0.5, 0.6) is 5.75 Å². The molecule has 1 N–H and O–H groups in total. The summed E-state index contributed by atoms with van der Waals surface area (Å²) < 4.78 is 5.95. The molecule has 0 bridgehead atoms. The van der Waals surface area contributed by atoms with Crippen LogP contribution in [0.25, 0.3) is 0 Å². The Bertz CT molecular complexity index is 410. The van der Waals surface area contributed by atoms with Gasteiger partial charge in [-0.3, -0.25) is 0 Å². The summed E-state index contributed by atoms with van der Waals surface area (Å²) in [7, 11) is 0. The van der Waals surface area contributed by atoms with Gasteiger partial charge in [0.2, 0.25) is 0 Å². The van der Waals surface area contributed by atoms with Gasteiger partial charge >= 0.3 is 0 Å². The van der Waals surface area contributed by atoms with Gasteiger partial charge < -0.3 is 10.1 Å². The van der Waals surface area contributed by atoms with E-state index in [1.165, 1.54) is 43.4 Å². The summed E-state index contributed by atoms with van der Waals surface area (Å²) in [6.07, 6.45) is 6.44. The van der Waals surface area contributed by atoms with Gasteiger partial charge in [-0.1, -0.05) is 26.0 Å². The van der Waals surface area contributed by atoms with E-state index in [4.69, 9.17) is 4.74 Å². The lowest BCUT2D eigenvalue weighted by Gasteiger charge is -2.12. The summed E-state index contributed by atoms with van der Waals surface area (Å²) in [5.41, 5.74) is 2.60. The van der Waals surface area contributed by atoms with Crippen molar-refractivity contribution in [3.05, 3.63) is 29.3 Å². The van der Waals surface area contributed by atoms with Gasteiger partial charge in [-0.15, -0.1) is 0 Å². The zero-order chi connectivity index (χ0) is 14.4. The topological polar surface area (TPSA) is 21.3 Å². The SMILES string of the molecule is Cc1ccc(C(C)C)cc1OCCCCCNC1CC1. The number of hydrogen-bond donors (Lipinski definition) is 1. The molecule has 112 valence electrons. The van der Waals surface area contributed by atoms with Crippen molar-refractivity contribution in [1.29, 1.82) is 0 Å². The molecule has 1 aliphatic rings. The molecule has 1 fully saturated rings. The molecule has 0 atom stereocenters. The van der Waals surface area contributed by atoms with Crippen LogP contribution in [-0.4, -0.2) is 19.2 Å². The lowest BCUT2D eigenvalue weighted by atomic mass is 10.0. The van der Waals surface area contributed by atoms with Crippen LogP contribution in [-0.2, 0) is 0 Å². The molecule has 2 rings (SSSR count). The van der Waals surface area contributed by atoms with Gasteiger partial charge in [0.25, 0.3) is 0 Å². The summed E-state index contributed by atoms with van der Waals surface area (Å²) in [5, 5.41) is 3.55. The summed E-state index contributed by atoms with van der Waals surface area (Å²) in [5.74, 6) is 1.62. The maximum absolute atomic E-state index is 5.95. The van der Waals surface area contributed by atoms with Crippen molar-refractivity contribution in [1.82, 2.24) is 5.32 Å². The minimum atomic E-state index is 0.562. The zero-order valence-corrected chi connectivity index (χ0v) is 13.2. The van der Waals surface area contributed by atoms with Crippen molar-refractivity contribution in [2.24, 2.45) is 0 Å². The van der Waals surface area contributed by atoms with Gasteiger partial charge in [0.1, 0.15) is 5.75 Å². The molecular formula is C18H29NO. The molecule has 1 aromatic carbocycles. The van der Waals surface area contributed by atoms with Crippen LogP contribution in [0.4, 0.5) is 0 Å². The highest BCUT2D eigenvalue weighted by atomic mass is 16.5. The van der Waals surface area contributed by atoms with E-state index in [2.05, 4.69) is 44.3 Å². The third-order valence-corrected chi connectivity index (χ3v) is 3.97. The molecule has 0 spiro atoms. The highest BCUT2D eigenvalue weighted by Gasteiger charge is 2.19. The summed E-state index contributed by atoms with van der Waals surface area (Å²) in [6, 6.07) is 7.42. The number of benzene rings is 1. The van der Waals surface area contributed by atoms with Crippen LogP contribution < -0.4 is 10.1 Å². The van der Waals surface area contributed by atoms with E-state index in [9.17, 15) is 0 Å². The molecule has 0 aliphatic heterocycles. The van der Waals surface area contributed by atoms with Crippen molar-refractivity contribution >= 4 is 0 Å². The Balaban J connectivity index is 1.63. The van der Waals surface area contributed by atoms with Crippen molar-refractivity contribution < 1.29 is 4.74 Å². The fraction of sp³-hybridized carbons (Fsp3) is 0.667. The monoisotopic (exact) mass is 275 g/mol. The Morgan fingerprint density at radius 2 is 2.00 bits per heavy atom. The van der Waals surface area contributed by atoms with Crippen LogP contribution in [0, 0.1) is 6.92 Å². The average Bonchev–Trinajstić information content (AvgIpc) is 3.23.